The van der Waals surface area contributed by atoms with E-state index in [1.807, 2.05) is 0 Å². The van der Waals surface area contributed by atoms with E-state index in [2.05, 4.69) is 43.3 Å². The minimum Gasteiger partial charge on any atom is -0.507 e. The van der Waals surface area contributed by atoms with E-state index in [1.54, 1.807) is 5.30 Å². The average molecular weight is 689 g/mol. The Morgan fingerprint density at radius 3 is 1.58 bits per heavy atom. The van der Waals surface area contributed by atoms with Crippen molar-refractivity contribution in [1.29, 1.82) is 0 Å². The lowest BCUT2D eigenvalue weighted by molar-refractivity contribution is 0.188. The maximum absolute atomic E-state index is 12.2. The number of fused-ring (bicyclic) bond motifs is 1. The smallest absolute Gasteiger partial charge is 0.130 e. The van der Waals surface area contributed by atoms with Crippen molar-refractivity contribution in [2.24, 2.45) is 5.92 Å². The second-order valence-electron chi connectivity index (χ2n) is 16.7. The maximum atomic E-state index is 12.2. The Labute approximate surface area is 296 Å². The van der Waals surface area contributed by atoms with Gasteiger partial charge < -0.3 is 9.84 Å². The van der Waals surface area contributed by atoms with Gasteiger partial charge in [0.05, 0.1) is 0 Å². The molecule has 7 rings (SSSR count). The molecule has 4 heteroatoms. The Morgan fingerprint density at radius 1 is 0.562 bits per heavy atom. The molecule has 1 aliphatic heterocycles. The second-order valence-corrected chi connectivity index (χ2v) is 22.2. The predicted octanol–water partition coefficient (Wildman–Crippen LogP) is 12.3. The molecular weight excluding hydrogens is 622 g/mol. The molecule has 4 fully saturated rings. The molecule has 0 saturated heterocycles. The van der Waals surface area contributed by atoms with Gasteiger partial charge in [-0.05, 0) is 110 Å². The number of aromatic hydroxyl groups is 1. The molecule has 2 aromatic carbocycles. The average Bonchev–Trinajstić information content (AvgIpc) is 3.20. The number of rotatable bonds is 8. The van der Waals surface area contributed by atoms with Gasteiger partial charge >= 0.3 is 0 Å². The van der Waals surface area contributed by atoms with Crippen LogP contribution in [0.25, 0.3) is 0 Å². The van der Waals surface area contributed by atoms with Gasteiger partial charge in [0.2, 0.25) is 0 Å². The fourth-order valence-electron chi connectivity index (χ4n) is 10.6. The Balaban J connectivity index is 1.20. The van der Waals surface area contributed by atoms with Crippen molar-refractivity contribution in [2.45, 2.75) is 196 Å². The van der Waals surface area contributed by atoms with E-state index in [4.69, 9.17) is 4.74 Å². The third-order valence-corrected chi connectivity index (χ3v) is 20.2. The van der Waals surface area contributed by atoms with Crippen LogP contribution < -0.4 is 15.3 Å². The van der Waals surface area contributed by atoms with Crippen molar-refractivity contribution in [3.8, 4) is 11.5 Å². The highest BCUT2D eigenvalue weighted by molar-refractivity contribution is 7.67. The van der Waals surface area contributed by atoms with Crippen molar-refractivity contribution < 1.29 is 9.84 Å². The van der Waals surface area contributed by atoms with Crippen LogP contribution in [0.3, 0.4) is 0 Å². The van der Waals surface area contributed by atoms with E-state index in [9.17, 15) is 5.11 Å². The largest absolute Gasteiger partial charge is 0.507 e. The molecule has 0 aromatic heterocycles. The van der Waals surface area contributed by atoms with Crippen molar-refractivity contribution in [3.63, 3.8) is 0 Å². The third kappa shape index (κ3) is 8.50. The van der Waals surface area contributed by atoms with Crippen LogP contribution >= 0.6 is 15.8 Å². The molecule has 0 bridgehead atoms. The quantitative estimate of drug-likeness (QED) is 0.280. The number of ether oxygens (including phenoxy) is 1. The summed E-state index contributed by atoms with van der Waals surface area (Å²) in [5.74, 6) is 2.63. The Hall–Kier alpha value is -1.10. The summed E-state index contributed by atoms with van der Waals surface area (Å²) < 4.78 is 7.46. The van der Waals surface area contributed by atoms with Gasteiger partial charge in [-0.3, -0.25) is 0 Å². The van der Waals surface area contributed by atoms with Gasteiger partial charge in [0.1, 0.15) is 17.6 Å². The fraction of sp³-hybridized carbons (Fsp3) is 0.727. The van der Waals surface area contributed by atoms with Crippen molar-refractivity contribution in [1.82, 2.24) is 0 Å². The third-order valence-electron chi connectivity index (χ3n) is 13.1. The van der Waals surface area contributed by atoms with Gasteiger partial charge in [-0.25, -0.2) is 0 Å². The first-order valence-corrected chi connectivity index (χ1v) is 23.8. The molecule has 2 atom stereocenters. The maximum Gasteiger partial charge on any atom is 0.130 e. The summed E-state index contributed by atoms with van der Waals surface area (Å²) in [6, 6.07) is 14.2. The molecule has 264 valence electrons. The van der Waals surface area contributed by atoms with Gasteiger partial charge in [0, 0.05) is 17.0 Å². The van der Waals surface area contributed by atoms with Gasteiger partial charge in [-0.2, -0.15) is 0 Å². The minimum atomic E-state index is -0.332. The summed E-state index contributed by atoms with van der Waals surface area (Å²) in [6.45, 7) is 2.47. The molecule has 5 aliphatic rings. The Kier molecular flexibility index (Phi) is 12.8. The summed E-state index contributed by atoms with van der Waals surface area (Å²) in [4.78, 5) is 0. The minimum absolute atomic E-state index is 0.126. The molecule has 4 saturated carbocycles. The topological polar surface area (TPSA) is 29.5 Å². The van der Waals surface area contributed by atoms with Crippen molar-refractivity contribution >= 4 is 26.5 Å². The van der Waals surface area contributed by atoms with E-state index < -0.39 is 0 Å². The monoisotopic (exact) mass is 688 g/mol. The normalized spacial score (nSPS) is 26.1. The summed E-state index contributed by atoms with van der Waals surface area (Å²) in [5.41, 5.74) is 5.97. The lowest BCUT2D eigenvalue weighted by atomic mass is 9.95. The number of benzene rings is 2. The molecule has 2 aromatic rings. The predicted molar refractivity (Wildman–Crippen MR) is 210 cm³/mol. The highest BCUT2D eigenvalue weighted by Gasteiger charge is 2.37. The zero-order valence-corrected chi connectivity index (χ0v) is 32.1. The number of phenols is 1. The van der Waals surface area contributed by atoms with Crippen LogP contribution in [-0.2, 0) is 12.8 Å². The second kappa shape index (κ2) is 17.4. The fourth-order valence-corrected chi connectivity index (χ4v) is 18.4. The summed E-state index contributed by atoms with van der Waals surface area (Å²) >= 11 is 0. The van der Waals surface area contributed by atoms with Crippen LogP contribution in [0, 0.1) is 5.92 Å². The van der Waals surface area contributed by atoms with Gasteiger partial charge in [-0.15, -0.1) is 0 Å². The molecule has 48 heavy (non-hydrogen) atoms. The van der Waals surface area contributed by atoms with Crippen LogP contribution in [-0.4, -0.2) is 33.8 Å². The molecule has 0 radical (unpaired) electrons. The highest BCUT2D eigenvalue weighted by Crippen LogP contribution is 2.58. The standard InChI is InChI=1S/C44H66O2P2/c1-33-17-14-20-36(32-34-18-15-29-41(43(34)45)47(37-21-6-2-7-22-37)38-23-8-3-9-24-38)46-44-35(31-33)19-16-30-42(44)48(39-25-10-4-11-26-39)40-27-12-5-13-28-40/h15-16,18-19,29-30,33,36-40,45H,2-14,17,20-28,31-32H2,1H3/t33?,36-/m1/s1. The molecule has 1 heterocycles. The molecule has 0 spiro atoms. The van der Waals surface area contributed by atoms with Gasteiger partial charge in [0.25, 0.3) is 0 Å². The zero-order chi connectivity index (χ0) is 32.7. The summed E-state index contributed by atoms with van der Waals surface area (Å²) in [7, 11) is -0.567. The van der Waals surface area contributed by atoms with Crippen LogP contribution in [0.4, 0.5) is 0 Å². The SMILES string of the molecule is CC1CCC[C@H](Cc2cccc(P(C3CCCCC3)C3CCCCC3)c2O)Oc2c(cccc2P(C2CCCCC2)C2CCCCC2)C1. The van der Waals surface area contributed by atoms with Crippen LogP contribution in [0.5, 0.6) is 11.5 Å². The first kappa shape index (κ1) is 35.3. The summed E-state index contributed by atoms with van der Waals surface area (Å²) in [6.07, 6.45) is 33.8. The lowest BCUT2D eigenvalue weighted by Crippen LogP contribution is -2.30. The molecular formula is C44H66O2P2. The van der Waals surface area contributed by atoms with E-state index in [-0.39, 0.29) is 21.9 Å². The Bertz CT molecular complexity index is 1250. The highest BCUT2D eigenvalue weighted by atomic mass is 31.1. The Morgan fingerprint density at radius 2 is 1.04 bits per heavy atom. The van der Waals surface area contributed by atoms with Crippen molar-refractivity contribution in [2.75, 3.05) is 0 Å². The molecule has 4 aliphatic carbocycles. The summed E-state index contributed by atoms with van der Waals surface area (Å²) in [5, 5.41) is 15.2. The first-order valence-electron chi connectivity index (χ1n) is 20.8. The number of hydrogen-bond donors (Lipinski definition) is 1. The van der Waals surface area contributed by atoms with Crippen LogP contribution in [0.1, 0.15) is 166 Å². The van der Waals surface area contributed by atoms with Crippen molar-refractivity contribution in [3.05, 3.63) is 47.5 Å². The van der Waals surface area contributed by atoms with Gasteiger partial charge in [0.15, 0.2) is 0 Å². The van der Waals surface area contributed by atoms with E-state index in [1.165, 1.54) is 158 Å². The zero-order valence-electron chi connectivity index (χ0n) is 30.4. The van der Waals surface area contributed by atoms with Crippen LogP contribution in [0.2, 0.25) is 0 Å². The molecule has 1 unspecified atom stereocenters. The lowest BCUT2D eigenvalue weighted by Gasteiger charge is -2.40. The number of phenolic OH excluding ortho intramolecular Hbond substituents is 1. The first-order chi connectivity index (χ1) is 23.7. The van der Waals surface area contributed by atoms with E-state index in [0.717, 1.165) is 47.5 Å². The number of hydrogen-bond acceptors (Lipinski definition) is 2. The molecule has 1 N–H and O–H groups in total. The van der Waals surface area contributed by atoms with Crippen LogP contribution in [0.15, 0.2) is 36.4 Å². The van der Waals surface area contributed by atoms with E-state index >= 15 is 0 Å². The molecule has 2 nitrogen and oxygen atoms in total. The number of para-hydroxylation sites is 2. The molecule has 0 amide bonds. The van der Waals surface area contributed by atoms with E-state index in [0.29, 0.717) is 11.7 Å². The van der Waals surface area contributed by atoms with Gasteiger partial charge in [-0.1, -0.05) is 143 Å².